The van der Waals surface area contributed by atoms with Crippen molar-refractivity contribution in [3.63, 3.8) is 0 Å². The molecule has 10 nitrogen and oxygen atoms in total. The van der Waals surface area contributed by atoms with E-state index in [9.17, 15) is 19.5 Å². The summed E-state index contributed by atoms with van der Waals surface area (Å²) in [5.74, 6) is -0.990. The largest absolute Gasteiger partial charge is 0.482 e. The van der Waals surface area contributed by atoms with Crippen LogP contribution in [0.2, 0.25) is 0 Å². The lowest BCUT2D eigenvalue weighted by Crippen LogP contribution is -2.59. The van der Waals surface area contributed by atoms with Crippen LogP contribution in [0.15, 0.2) is 60.0 Å². The molecule has 2 atom stereocenters. The second-order valence-corrected chi connectivity index (χ2v) is 7.21. The van der Waals surface area contributed by atoms with Gasteiger partial charge in [0.25, 0.3) is 0 Å². The van der Waals surface area contributed by atoms with E-state index in [2.05, 4.69) is 12.0 Å². The van der Waals surface area contributed by atoms with Crippen LogP contribution >= 0.6 is 0 Å². The van der Waals surface area contributed by atoms with E-state index < -0.39 is 29.8 Å². The topological polar surface area (TPSA) is 119 Å². The summed E-state index contributed by atoms with van der Waals surface area (Å²) >= 11 is 0. The highest BCUT2D eigenvalue weighted by Gasteiger charge is 2.36. The summed E-state index contributed by atoms with van der Waals surface area (Å²) < 4.78 is 17.9. The van der Waals surface area contributed by atoms with Crippen LogP contribution in [0, 0.1) is 0 Å². The summed E-state index contributed by atoms with van der Waals surface area (Å²) in [5.41, 5.74) is 3.11. The van der Waals surface area contributed by atoms with Crippen LogP contribution in [0.3, 0.4) is 0 Å². The molecule has 0 radical (unpaired) electrons. The number of esters is 1. The number of pyridine rings is 1. The Bertz CT molecular complexity index is 1040. The van der Waals surface area contributed by atoms with Gasteiger partial charge in [-0.05, 0) is 18.9 Å². The van der Waals surface area contributed by atoms with Crippen molar-refractivity contribution in [3.8, 4) is 5.75 Å². The second kappa shape index (κ2) is 11.2. The Hall–Kier alpha value is -3.79. The number of carboxylic acid groups (broad SMARTS) is 1. The first-order valence-electron chi connectivity index (χ1n) is 10.5. The van der Waals surface area contributed by atoms with Crippen molar-refractivity contribution in [2.24, 2.45) is 0 Å². The molecule has 1 amide bonds. The monoisotopic (exact) mass is 457 g/mol. The first-order valence-corrected chi connectivity index (χ1v) is 10.5. The van der Waals surface area contributed by atoms with Crippen LogP contribution < -0.4 is 15.6 Å². The normalized spacial score (nSPS) is 17.8. The highest BCUT2D eigenvalue weighted by atomic mass is 16.5. The van der Waals surface area contributed by atoms with Crippen molar-refractivity contribution in [2.75, 3.05) is 25.2 Å². The Morgan fingerprint density at radius 1 is 1.30 bits per heavy atom. The van der Waals surface area contributed by atoms with E-state index in [0.717, 1.165) is 5.56 Å². The Morgan fingerprint density at radius 2 is 2.06 bits per heavy atom. The fraction of sp³-hybridized carbons (Fsp3) is 0.348. The molecule has 2 unspecified atom stereocenters. The van der Waals surface area contributed by atoms with E-state index in [0.29, 0.717) is 6.42 Å². The summed E-state index contributed by atoms with van der Waals surface area (Å²) in [6, 6.07) is 10.4. The van der Waals surface area contributed by atoms with Crippen molar-refractivity contribution >= 4 is 12.1 Å². The molecule has 1 saturated heterocycles. The molecule has 3 rings (SSSR count). The van der Waals surface area contributed by atoms with Crippen molar-refractivity contribution in [1.82, 2.24) is 9.58 Å². The number of carbonyl (C=O) groups is 2. The van der Waals surface area contributed by atoms with Crippen LogP contribution in [0.4, 0.5) is 4.79 Å². The van der Waals surface area contributed by atoms with Gasteiger partial charge < -0.3 is 24.7 Å². The molecule has 0 bridgehead atoms. The maximum Gasteiger partial charge on any atom is 0.409 e. The molecule has 0 saturated carbocycles. The molecule has 1 aromatic heterocycles. The molecule has 2 heterocycles. The van der Waals surface area contributed by atoms with Gasteiger partial charge in [0.05, 0.1) is 13.2 Å². The Labute approximate surface area is 191 Å². The van der Waals surface area contributed by atoms with Gasteiger partial charge in [-0.3, -0.25) is 14.4 Å². The van der Waals surface area contributed by atoms with Crippen LogP contribution in [0.25, 0.3) is 0 Å². The average molecular weight is 457 g/mol. The van der Waals surface area contributed by atoms with Gasteiger partial charge >= 0.3 is 12.1 Å². The first kappa shape index (κ1) is 23.9. The molecular formula is C23H27N3O7. The Morgan fingerprint density at radius 3 is 2.73 bits per heavy atom. The molecule has 33 heavy (non-hydrogen) atoms. The van der Waals surface area contributed by atoms with Gasteiger partial charge in [-0.2, -0.15) is 0 Å². The zero-order valence-electron chi connectivity index (χ0n) is 18.3. The third-order valence-corrected chi connectivity index (χ3v) is 5.02. The highest BCUT2D eigenvalue weighted by Crippen LogP contribution is 2.20. The van der Waals surface area contributed by atoms with Gasteiger partial charge in [0, 0.05) is 18.8 Å². The molecule has 2 N–H and O–H groups in total. The van der Waals surface area contributed by atoms with E-state index in [4.69, 9.17) is 14.2 Å². The van der Waals surface area contributed by atoms with Crippen molar-refractivity contribution in [3.05, 3.63) is 76.7 Å². The molecule has 176 valence electrons. The standard InChI is InChI=1S/C23H27N3O7/c1-3-8-18-21(25(23(29)30)13-14-32-18)24-26-12-11-17(27)20(19(26)22(28)31-4-2)33-15-16-9-6-5-7-10-16/h3,5-7,9-12,18,21,24H,1,4,8,13-15H2,2H3,(H,29,30). The van der Waals surface area contributed by atoms with Crippen LogP contribution in [-0.4, -0.2) is 58.8 Å². The fourth-order valence-electron chi connectivity index (χ4n) is 3.49. The fourth-order valence-corrected chi connectivity index (χ4v) is 3.49. The van der Waals surface area contributed by atoms with Gasteiger partial charge in [-0.15, -0.1) is 6.58 Å². The molecule has 10 heteroatoms. The van der Waals surface area contributed by atoms with Gasteiger partial charge in [0.1, 0.15) is 18.9 Å². The molecule has 1 aromatic carbocycles. The molecule has 1 aliphatic heterocycles. The highest BCUT2D eigenvalue weighted by molar-refractivity contribution is 5.90. The van der Waals surface area contributed by atoms with Crippen molar-refractivity contribution in [2.45, 2.75) is 32.2 Å². The lowest BCUT2D eigenvalue weighted by Gasteiger charge is -2.40. The number of carbonyl (C=O) groups excluding carboxylic acids is 1. The second-order valence-electron chi connectivity index (χ2n) is 7.21. The maximum absolute atomic E-state index is 12.8. The summed E-state index contributed by atoms with van der Waals surface area (Å²) in [4.78, 5) is 38.5. The predicted molar refractivity (Wildman–Crippen MR) is 120 cm³/mol. The number of rotatable bonds is 9. The SMILES string of the molecule is C=CCC1OCCN(C(=O)O)C1Nn1ccc(=O)c(OCc2ccccc2)c1C(=O)OCC. The number of nitrogens with zero attached hydrogens (tertiary/aromatic N) is 2. The quantitative estimate of drug-likeness (QED) is 0.435. The Balaban J connectivity index is 2.00. The minimum atomic E-state index is -1.15. The molecule has 0 aliphatic carbocycles. The van der Waals surface area contributed by atoms with Crippen molar-refractivity contribution in [1.29, 1.82) is 0 Å². The van der Waals surface area contributed by atoms with Gasteiger partial charge in [-0.25, -0.2) is 9.59 Å². The van der Waals surface area contributed by atoms with Crippen LogP contribution in [-0.2, 0) is 16.1 Å². The van der Waals surface area contributed by atoms with Crippen LogP contribution in [0.5, 0.6) is 5.75 Å². The summed E-state index contributed by atoms with van der Waals surface area (Å²) in [6.07, 6.45) is 0.764. The lowest BCUT2D eigenvalue weighted by atomic mass is 10.1. The summed E-state index contributed by atoms with van der Waals surface area (Å²) in [7, 11) is 0. The number of benzene rings is 1. The lowest BCUT2D eigenvalue weighted by molar-refractivity contribution is -0.0540. The third-order valence-electron chi connectivity index (χ3n) is 5.02. The predicted octanol–water partition coefficient (Wildman–Crippen LogP) is 2.43. The molecule has 0 spiro atoms. The maximum atomic E-state index is 12.8. The van der Waals surface area contributed by atoms with Gasteiger partial charge in [0.15, 0.2) is 11.4 Å². The average Bonchev–Trinajstić information content (AvgIpc) is 2.81. The first-order chi connectivity index (χ1) is 16.0. The van der Waals surface area contributed by atoms with E-state index in [1.54, 1.807) is 13.0 Å². The molecule has 1 fully saturated rings. The smallest absolute Gasteiger partial charge is 0.409 e. The molecule has 1 aliphatic rings. The zero-order valence-corrected chi connectivity index (χ0v) is 18.3. The minimum Gasteiger partial charge on any atom is -0.482 e. The molecular weight excluding hydrogens is 430 g/mol. The molecule has 2 aromatic rings. The van der Waals surface area contributed by atoms with E-state index >= 15 is 0 Å². The number of nitrogens with one attached hydrogen (secondary N) is 1. The summed E-state index contributed by atoms with van der Waals surface area (Å²) in [6.45, 7) is 5.83. The van der Waals surface area contributed by atoms with E-state index in [1.165, 1.54) is 21.8 Å². The minimum absolute atomic E-state index is 0.0549. The number of aromatic nitrogens is 1. The number of amides is 1. The number of hydrogen-bond acceptors (Lipinski definition) is 7. The number of morpholine rings is 1. The van der Waals surface area contributed by atoms with Crippen LogP contribution in [0.1, 0.15) is 29.4 Å². The van der Waals surface area contributed by atoms with E-state index in [1.807, 2.05) is 30.3 Å². The van der Waals surface area contributed by atoms with E-state index in [-0.39, 0.29) is 37.8 Å². The van der Waals surface area contributed by atoms with Gasteiger partial charge in [-0.1, -0.05) is 36.4 Å². The zero-order chi connectivity index (χ0) is 23.8. The Kier molecular flexibility index (Phi) is 8.09. The number of ether oxygens (including phenoxy) is 3. The summed E-state index contributed by atoms with van der Waals surface area (Å²) in [5, 5.41) is 9.67. The third kappa shape index (κ3) is 5.72. The number of hydrogen-bond donors (Lipinski definition) is 2. The van der Waals surface area contributed by atoms with Gasteiger partial charge in [0.2, 0.25) is 5.43 Å². The van der Waals surface area contributed by atoms with Crippen molar-refractivity contribution < 1.29 is 28.9 Å².